The maximum atomic E-state index is 13.8. The SMILES string of the molecule is CN1C(=O)CCC(C(=O)NCC2(CN3CCCCC3)CC2)C1c1cccc(F)c1. The number of likely N-dealkylation sites (tertiary alicyclic amines) is 2. The number of halogens is 1. The van der Waals surface area contributed by atoms with Crippen LogP contribution in [0.25, 0.3) is 0 Å². The zero-order valence-corrected chi connectivity index (χ0v) is 17.3. The predicted octanol–water partition coefficient (Wildman–Crippen LogP) is 3.12. The summed E-state index contributed by atoms with van der Waals surface area (Å²) in [5, 5.41) is 3.20. The average Bonchev–Trinajstić information content (AvgIpc) is 3.48. The molecule has 2 amide bonds. The van der Waals surface area contributed by atoms with Crippen molar-refractivity contribution in [1.29, 1.82) is 0 Å². The maximum Gasteiger partial charge on any atom is 0.225 e. The van der Waals surface area contributed by atoms with Crippen LogP contribution in [0.15, 0.2) is 24.3 Å². The molecule has 5 nitrogen and oxygen atoms in total. The summed E-state index contributed by atoms with van der Waals surface area (Å²) in [6.45, 7) is 4.12. The van der Waals surface area contributed by atoms with E-state index in [1.165, 1.54) is 57.3 Å². The highest BCUT2D eigenvalue weighted by Gasteiger charge is 2.45. The summed E-state index contributed by atoms with van der Waals surface area (Å²) in [7, 11) is 1.72. The normalized spacial score (nSPS) is 27.0. The molecule has 2 saturated heterocycles. The summed E-state index contributed by atoms with van der Waals surface area (Å²) in [5.41, 5.74) is 0.910. The Kier molecular flexibility index (Phi) is 5.91. The Morgan fingerprint density at radius 2 is 2.00 bits per heavy atom. The molecule has 0 radical (unpaired) electrons. The average molecular weight is 402 g/mol. The lowest BCUT2D eigenvalue weighted by Gasteiger charge is -2.39. The van der Waals surface area contributed by atoms with Crippen LogP contribution in [0.1, 0.15) is 56.6 Å². The van der Waals surface area contributed by atoms with Crippen LogP contribution in [-0.2, 0) is 9.59 Å². The molecule has 2 unspecified atom stereocenters. The van der Waals surface area contributed by atoms with Crippen LogP contribution >= 0.6 is 0 Å². The Bertz CT molecular complexity index is 758. The second kappa shape index (κ2) is 8.42. The Morgan fingerprint density at radius 3 is 2.69 bits per heavy atom. The van der Waals surface area contributed by atoms with Crippen molar-refractivity contribution in [2.45, 2.75) is 51.0 Å². The first-order valence-electron chi connectivity index (χ1n) is 11.0. The first-order valence-corrected chi connectivity index (χ1v) is 11.0. The highest BCUT2D eigenvalue weighted by Crippen LogP contribution is 2.46. The second-order valence-corrected chi connectivity index (χ2v) is 9.20. The van der Waals surface area contributed by atoms with Gasteiger partial charge < -0.3 is 15.1 Å². The number of rotatable bonds is 6. The number of hydrogen-bond acceptors (Lipinski definition) is 3. The Hall–Kier alpha value is -1.95. The van der Waals surface area contributed by atoms with Gasteiger partial charge in [-0.3, -0.25) is 9.59 Å². The highest BCUT2D eigenvalue weighted by atomic mass is 19.1. The van der Waals surface area contributed by atoms with E-state index in [2.05, 4.69) is 10.2 Å². The third-order valence-electron chi connectivity index (χ3n) is 6.99. The zero-order valence-electron chi connectivity index (χ0n) is 17.3. The van der Waals surface area contributed by atoms with E-state index >= 15 is 0 Å². The van der Waals surface area contributed by atoms with Crippen LogP contribution < -0.4 is 5.32 Å². The number of hydrogen-bond donors (Lipinski definition) is 1. The molecule has 0 bridgehead atoms. The number of nitrogens with one attached hydrogen (secondary N) is 1. The van der Waals surface area contributed by atoms with Gasteiger partial charge in [0.1, 0.15) is 5.82 Å². The van der Waals surface area contributed by atoms with E-state index in [0.717, 1.165) is 6.54 Å². The lowest BCUT2D eigenvalue weighted by atomic mass is 9.83. The first-order chi connectivity index (χ1) is 14.0. The Balaban J connectivity index is 1.41. The number of benzene rings is 1. The van der Waals surface area contributed by atoms with Crippen LogP contribution in [0.2, 0.25) is 0 Å². The maximum absolute atomic E-state index is 13.8. The van der Waals surface area contributed by atoms with Crippen molar-refractivity contribution in [3.05, 3.63) is 35.6 Å². The summed E-state index contributed by atoms with van der Waals surface area (Å²) >= 11 is 0. The zero-order chi connectivity index (χ0) is 20.4. The molecule has 3 aliphatic rings. The topological polar surface area (TPSA) is 52.7 Å². The van der Waals surface area contributed by atoms with Crippen molar-refractivity contribution in [1.82, 2.24) is 15.1 Å². The van der Waals surface area contributed by atoms with Crippen LogP contribution in [0.4, 0.5) is 4.39 Å². The van der Waals surface area contributed by atoms with E-state index in [1.807, 2.05) is 6.07 Å². The van der Waals surface area contributed by atoms with Gasteiger partial charge >= 0.3 is 0 Å². The summed E-state index contributed by atoms with van der Waals surface area (Å²) in [6, 6.07) is 5.87. The van der Waals surface area contributed by atoms with Crippen molar-refractivity contribution >= 4 is 11.8 Å². The molecule has 158 valence electrons. The van der Waals surface area contributed by atoms with Gasteiger partial charge in [-0.15, -0.1) is 0 Å². The van der Waals surface area contributed by atoms with Gasteiger partial charge in [-0.25, -0.2) is 4.39 Å². The first kappa shape index (κ1) is 20.3. The van der Waals surface area contributed by atoms with E-state index in [1.54, 1.807) is 18.0 Å². The molecule has 1 aliphatic carbocycles. The lowest BCUT2D eigenvalue weighted by Crippen LogP contribution is -2.48. The molecule has 29 heavy (non-hydrogen) atoms. The number of carbonyl (C=O) groups is 2. The highest BCUT2D eigenvalue weighted by molar-refractivity contribution is 5.85. The van der Waals surface area contributed by atoms with E-state index in [9.17, 15) is 14.0 Å². The standard InChI is InChI=1S/C23H32FN3O2/c1-26-20(28)9-8-19(21(26)17-6-5-7-18(24)14-17)22(29)25-15-23(10-11-23)16-27-12-3-2-4-13-27/h5-7,14,19,21H,2-4,8-13,15-16H2,1H3,(H,25,29). The lowest BCUT2D eigenvalue weighted by molar-refractivity contribution is -0.141. The van der Waals surface area contributed by atoms with Gasteiger partial charge in [0.25, 0.3) is 0 Å². The van der Waals surface area contributed by atoms with Crippen molar-refractivity contribution in [2.24, 2.45) is 11.3 Å². The molecule has 4 rings (SSSR count). The number of nitrogens with zero attached hydrogens (tertiary/aromatic N) is 2. The molecule has 1 saturated carbocycles. The molecule has 1 aromatic carbocycles. The van der Waals surface area contributed by atoms with Crippen molar-refractivity contribution in [2.75, 3.05) is 33.2 Å². The van der Waals surface area contributed by atoms with Crippen molar-refractivity contribution in [3.63, 3.8) is 0 Å². The minimum absolute atomic E-state index is 0.00655. The van der Waals surface area contributed by atoms with Gasteiger partial charge in [-0.05, 0) is 62.9 Å². The number of piperidine rings is 2. The molecule has 2 heterocycles. The molecule has 0 spiro atoms. The monoisotopic (exact) mass is 401 g/mol. The van der Waals surface area contributed by atoms with Crippen LogP contribution in [0, 0.1) is 17.2 Å². The van der Waals surface area contributed by atoms with E-state index in [4.69, 9.17) is 0 Å². The van der Waals surface area contributed by atoms with Gasteiger partial charge in [0.15, 0.2) is 0 Å². The van der Waals surface area contributed by atoms with Gasteiger partial charge in [-0.1, -0.05) is 18.6 Å². The molecule has 6 heteroatoms. The fourth-order valence-electron chi connectivity index (χ4n) is 5.02. The van der Waals surface area contributed by atoms with E-state index < -0.39 is 6.04 Å². The fraction of sp³-hybridized carbons (Fsp3) is 0.652. The van der Waals surface area contributed by atoms with Gasteiger partial charge in [0, 0.05) is 32.0 Å². The third-order valence-corrected chi connectivity index (χ3v) is 6.99. The smallest absolute Gasteiger partial charge is 0.225 e. The summed E-state index contributed by atoms with van der Waals surface area (Å²) in [5.74, 6) is -0.688. The van der Waals surface area contributed by atoms with Gasteiger partial charge in [0.05, 0.1) is 12.0 Å². The molecule has 1 aromatic rings. The second-order valence-electron chi connectivity index (χ2n) is 9.20. The van der Waals surface area contributed by atoms with E-state index in [-0.39, 0.29) is 29.0 Å². The van der Waals surface area contributed by atoms with Crippen LogP contribution in [0.3, 0.4) is 0 Å². The molecule has 0 aromatic heterocycles. The number of amides is 2. The molecule has 3 fully saturated rings. The predicted molar refractivity (Wildman–Crippen MR) is 110 cm³/mol. The quantitative estimate of drug-likeness (QED) is 0.797. The Morgan fingerprint density at radius 1 is 1.24 bits per heavy atom. The summed E-state index contributed by atoms with van der Waals surface area (Å²) in [4.78, 5) is 29.6. The van der Waals surface area contributed by atoms with Crippen molar-refractivity contribution in [3.8, 4) is 0 Å². The van der Waals surface area contributed by atoms with Crippen molar-refractivity contribution < 1.29 is 14.0 Å². The molecular weight excluding hydrogens is 369 g/mol. The van der Waals surface area contributed by atoms with Gasteiger partial charge in [-0.2, -0.15) is 0 Å². The molecule has 2 atom stereocenters. The van der Waals surface area contributed by atoms with Gasteiger partial charge in [0.2, 0.25) is 11.8 Å². The summed E-state index contributed by atoms with van der Waals surface area (Å²) < 4.78 is 13.8. The molecular formula is C23H32FN3O2. The molecule has 2 aliphatic heterocycles. The third kappa shape index (κ3) is 4.63. The fourth-order valence-corrected chi connectivity index (χ4v) is 5.02. The van der Waals surface area contributed by atoms with Crippen LogP contribution in [0.5, 0.6) is 0 Å². The minimum atomic E-state index is -0.413. The largest absolute Gasteiger partial charge is 0.355 e. The minimum Gasteiger partial charge on any atom is -0.355 e. The van der Waals surface area contributed by atoms with E-state index in [0.29, 0.717) is 24.9 Å². The number of carbonyl (C=O) groups excluding carboxylic acids is 2. The molecule has 1 N–H and O–H groups in total. The van der Waals surface area contributed by atoms with Crippen LogP contribution in [-0.4, -0.2) is 54.8 Å². The Labute approximate surface area is 172 Å². The summed E-state index contributed by atoms with van der Waals surface area (Å²) in [6.07, 6.45) is 7.09.